The summed E-state index contributed by atoms with van der Waals surface area (Å²) in [6, 6.07) is 4.34. The molecule has 0 saturated heterocycles. The highest BCUT2D eigenvalue weighted by Crippen LogP contribution is 2.26. The van der Waals surface area contributed by atoms with Crippen molar-refractivity contribution in [2.45, 2.75) is 40.5 Å². The molecule has 20 heavy (non-hydrogen) atoms. The van der Waals surface area contributed by atoms with Gasteiger partial charge in [0.25, 0.3) is 0 Å². The van der Waals surface area contributed by atoms with Gasteiger partial charge in [-0.3, -0.25) is 0 Å². The van der Waals surface area contributed by atoms with E-state index in [1.807, 2.05) is 0 Å². The number of rotatable bonds is 8. The molecule has 0 aromatic heterocycles. The predicted octanol–water partition coefficient (Wildman–Crippen LogP) is 2.84. The SMILES string of the molecule is CCCOc1cc(C)c(CC(C)C(CN)CO)cc1C. The predicted molar refractivity (Wildman–Crippen MR) is 84.2 cm³/mol. The Labute approximate surface area is 123 Å². The van der Waals surface area contributed by atoms with Crippen molar-refractivity contribution in [2.24, 2.45) is 17.6 Å². The summed E-state index contributed by atoms with van der Waals surface area (Å²) < 4.78 is 5.76. The molecule has 1 rings (SSSR count). The normalized spacial score (nSPS) is 14.1. The van der Waals surface area contributed by atoms with E-state index in [2.05, 4.69) is 39.8 Å². The first-order valence-corrected chi connectivity index (χ1v) is 7.57. The molecule has 1 aromatic carbocycles. The Morgan fingerprint density at radius 3 is 2.50 bits per heavy atom. The van der Waals surface area contributed by atoms with E-state index in [0.717, 1.165) is 25.2 Å². The largest absolute Gasteiger partial charge is 0.493 e. The minimum absolute atomic E-state index is 0.160. The van der Waals surface area contributed by atoms with Crippen LogP contribution in [-0.2, 0) is 6.42 Å². The second-order valence-corrected chi connectivity index (χ2v) is 5.75. The molecule has 0 fully saturated rings. The quantitative estimate of drug-likeness (QED) is 0.769. The van der Waals surface area contributed by atoms with E-state index in [9.17, 15) is 5.11 Å². The average Bonchev–Trinajstić information content (AvgIpc) is 2.42. The second kappa shape index (κ2) is 8.28. The molecule has 1 aromatic rings. The second-order valence-electron chi connectivity index (χ2n) is 5.75. The number of ether oxygens (including phenoxy) is 1. The van der Waals surface area contributed by atoms with Gasteiger partial charge in [-0.15, -0.1) is 0 Å². The lowest BCUT2D eigenvalue weighted by Gasteiger charge is -2.22. The molecular formula is C17H29NO2. The van der Waals surface area contributed by atoms with Gasteiger partial charge in [-0.05, 0) is 67.8 Å². The first-order chi connectivity index (χ1) is 9.53. The van der Waals surface area contributed by atoms with E-state index in [1.54, 1.807) is 0 Å². The van der Waals surface area contributed by atoms with Crippen molar-refractivity contribution < 1.29 is 9.84 Å². The molecule has 0 aliphatic rings. The van der Waals surface area contributed by atoms with Crippen molar-refractivity contribution in [3.8, 4) is 5.75 Å². The molecule has 0 aliphatic carbocycles. The first-order valence-electron chi connectivity index (χ1n) is 7.57. The molecule has 0 amide bonds. The van der Waals surface area contributed by atoms with Gasteiger partial charge >= 0.3 is 0 Å². The van der Waals surface area contributed by atoms with Crippen molar-refractivity contribution in [1.82, 2.24) is 0 Å². The van der Waals surface area contributed by atoms with Gasteiger partial charge in [0.15, 0.2) is 0 Å². The molecule has 0 aliphatic heterocycles. The van der Waals surface area contributed by atoms with Crippen LogP contribution in [0.15, 0.2) is 12.1 Å². The molecule has 3 heteroatoms. The smallest absolute Gasteiger partial charge is 0.122 e. The molecule has 0 saturated carbocycles. The van der Waals surface area contributed by atoms with Gasteiger partial charge in [0.1, 0.15) is 5.75 Å². The topological polar surface area (TPSA) is 55.5 Å². The highest BCUT2D eigenvalue weighted by molar-refractivity contribution is 5.41. The van der Waals surface area contributed by atoms with Crippen molar-refractivity contribution in [3.05, 3.63) is 28.8 Å². The van der Waals surface area contributed by atoms with E-state index in [4.69, 9.17) is 10.5 Å². The van der Waals surface area contributed by atoms with Crippen LogP contribution in [-0.4, -0.2) is 24.9 Å². The highest BCUT2D eigenvalue weighted by Gasteiger charge is 2.17. The summed E-state index contributed by atoms with van der Waals surface area (Å²) in [6.45, 7) is 9.93. The zero-order chi connectivity index (χ0) is 15.1. The summed E-state index contributed by atoms with van der Waals surface area (Å²) in [6.07, 6.45) is 1.97. The van der Waals surface area contributed by atoms with Crippen LogP contribution in [0.25, 0.3) is 0 Å². The van der Waals surface area contributed by atoms with Crippen LogP contribution in [0.1, 0.15) is 37.0 Å². The van der Waals surface area contributed by atoms with Crippen LogP contribution in [0, 0.1) is 25.7 Å². The Bertz CT molecular complexity index is 414. The third-order valence-electron chi connectivity index (χ3n) is 3.98. The lowest BCUT2D eigenvalue weighted by atomic mass is 9.87. The molecular weight excluding hydrogens is 250 g/mol. The van der Waals surface area contributed by atoms with Gasteiger partial charge in [0.2, 0.25) is 0 Å². The Hall–Kier alpha value is -1.06. The molecule has 3 nitrogen and oxygen atoms in total. The number of aliphatic hydroxyl groups is 1. The number of benzene rings is 1. The Morgan fingerprint density at radius 2 is 1.95 bits per heavy atom. The summed E-state index contributed by atoms with van der Waals surface area (Å²) in [7, 11) is 0. The highest BCUT2D eigenvalue weighted by atomic mass is 16.5. The van der Waals surface area contributed by atoms with Gasteiger partial charge < -0.3 is 15.6 Å². The van der Waals surface area contributed by atoms with Gasteiger partial charge in [0, 0.05) is 6.61 Å². The Kier molecular flexibility index (Phi) is 7.03. The van der Waals surface area contributed by atoms with E-state index < -0.39 is 0 Å². The van der Waals surface area contributed by atoms with Crippen LogP contribution in [0.2, 0.25) is 0 Å². The van der Waals surface area contributed by atoms with Gasteiger partial charge in [-0.25, -0.2) is 0 Å². The third-order valence-corrected chi connectivity index (χ3v) is 3.98. The zero-order valence-electron chi connectivity index (χ0n) is 13.3. The first kappa shape index (κ1) is 17.0. The van der Waals surface area contributed by atoms with Crippen LogP contribution >= 0.6 is 0 Å². The standard InChI is InChI=1S/C17H29NO2/c1-5-6-20-17-9-13(3)15(8-14(17)4)7-12(2)16(10-18)11-19/h8-9,12,16,19H,5-7,10-11,18H2,1-4H3. The van der Waals surface area contributed by atoms with Gasteiger partial charge in [-0.2, -0.15) is 0 Å². The molecule has 0 bridgehead atoms. The van der Waals surface area contributed by atoms with Crippen molar-refractivity contribution in [2.75, 3.05) is 19.8 Å². The number of hydrogen-bond donors (Lipinski definition) is 2. The molecule has 0 heterocycles. The number of hydrogen-bond acceptors (Lipinski definition) is 3. The summed E-state index contributed by atoms with van der Waals surface area (Å²) in [5, 5.41) is 9.34. The molecule has 2 atom stereocenters. The zero-order valence-corrected chi connectivity index (χ0v) is 13.3. The molecule has 2 unspecified atom stereocenters. The van der Waals surface area contributed by atoms with E-state index in [1.165, 1.54) is 16.7 Å². The molecule has 0 radical (unpaired) electrons. The Morgan fingerprint density at radius 1 is 1.25 bits per heavy atom. The van der Waals surface area contributed by atoms with E-state index in [0.29, 0.717) is 12.5 Å². The minimum atomic E-state index is 0.160. The average molecular weight is 279 g/mol. The summed E-state index contributed by atoms with van der Waals surface area (Å²) in [4.78, 5) is 0. The maximum absolute atomic E-state index is 9.34. The maximum atomic E-state index is 9.34. The summed E-state index contributed by atoms with van der Waals surface area (Å²) >= 11 is 0. The van der Waals surface area contributed by atoms with Crippen LogP contribution in [0.4, 0.5) is 0 Å². The number of aryl methyl sites for hydroxylation is 2. The Balaban J connectivity index is 2.83. The monoisotopic (exact) mass is 279 g/mol. The van der Waals surface area contributed by atoms with Crippen molar-refractivity contribution in [3.63, 3.8) is 0 Å². The number of nitrogens with two attached hydrogens (primary N) is 1. The molecule has 0 spiro atoms. The molecule has 114 valence electrons. The van der Waals surface area contributed by atoms with Gasteiger partial charge in [-0.1, -0.05) is 19.9 Å². The van der Waals surface area contributed by atoms with Crippen LogP contribution in [0.5, 0.6) is 5.75 Å². The lowest BCUT2D eigenvalue weighted by molar-refractivity contribution is 0.187. The number of aliphatic hydroxyl groups excluding tert-OH is 1. The fourth-order valence-corrected chi connectivity index (χ4v) is 2.44. The maximum Gasteiger partial charge on any atom is 0.122 e. The lowest BCUT2D eigenvalue weighted by Crippen LogP contribution is -2.26. The van der Waals surface area contributed by atoms with Gasteiger partial charge in [0.05, 0.1) is 6.61 Å². The third kappa shape index (κ3) is 4.50. The summed E-state index contributed by atoms with van der Waals surface area (Å²) in [5.41, 5.74) is 9.46. The summed E-state index contributed by atoms with van der Waals surface area (Å²) in [5.74, 6) is 1.54. The van der Waals surface area contributed by atoms with E-state index in [-0.39, 0.29) is 12.5 Å². The van der Waals surface area contributed by atoms with Crippen LogP contribution in [0.3, 0.4) is 0 Å². The fraction of sp³-hybridized carbons (Fsp3) is 0.647. The molecule has 3 N–H and O–H groups in total. The van der Waals surface area contributed by atoms with Crippen LogP contribution < -0.4 is 10.5 Å². The van der Waals surface area contributed by atoms with Crippen molar-refractivity contribution >= 4 is 0 Å². The fourth-order valence-electron chi connectivity index (χ4n) is 2.44. The van der Waals surface area contributed by atoms with Crippen molar-refractivity contribution in [1.29, 1.82) is 0 Å². The van der Waals surface area contributed by atoms with E-state index >= 15 is 0 Å². The minimum Gasteiger partial charge on any atom is -0.493 e.